The number of aromatic nitrogens is 2. The summed E-state index contributed by atoms with van der Waals surface area (Å²) >= 11 is 0. The van der Waals surface area contributed by atoms with E-state index in [0.29, 0.717) is 16.8 Å². The van der Waals surface area contributed by atoms with Gasteiger partial charge < -0.3 is 0 Å². The summed E-state index contributed by atoms with van der Waals surface area (Å²) in [6.45, 7) is 0. The summed E-state index contributed by atoms with van der Waals surface area (Å²) in [7, 11) is 0. The molecule has 0 aliphatic rings. The first kappa shape index (κ1) is 13.8. The Bertz CT molecular complexity index is 868. The van der Waals surface area contributed by atoms with Gasteiger partial charge in [0.1, 0.15) is 6.29 Å². The van der Waals surface area contributed by atoms with Gasteiger partial charge in [0.2, 0.25) is 0 Å². The number of nitrogens with zero attached hydrogens (tertiary/aromatic N) is 2. The molecule has 0 atom stereocenters. The van der Waals surface area contributed by atoms with Gasteiger partial charge in [0, 0.05) is 11.1 Å². The van der Waals surface area contributed by atoms with Crippen LogP contribution in [-0.4, -0.2) is 22.0 Å². The van der Waals surface area contributed by atoms with E-state index < -0.39 is 0 Å². The summed E-state index contributed by atoms with van der Waals surface area (Å²) in [5.74, 6) is -0.146. The van der Waals surface area contributed by atoms with Crippen LogP contribution in [0.4, 0.5) is 0 Å². The third kappa shape index (κ3) is 2.96. The Morgan fingerprint density at radius 1 is 0.955 bits per heavy atom. The van der Waals surface area contributed by atoms with Gasteiger partial charge in [-0.15, -0.1) is 0 Å². The summed E-state index contributed by atoms with van der Waals surface area (Å²) in [6, 6.07) is 14.0. The Labute approximate surface area is 127 Å². The lowest BCUT2D eigenvalue weighted by Crippen LogP contribution is -1.95. The number of fused-ring (bicyclic) bond motifs is 1. The average Bonchev–Trinajstić information content (AvgIpc) is 2.59. The number of carbonyl (C=O) groups is 2. The molecule has 3 rings (SSSR count). The second-order valence-electron chi connectivity index (χ2n) is 4.72. The lowest BCUT2D eigenvalue weighted by atomic mass is 10.1. The van der Waals surface area contributed by atoms with Gasteiger partial charge in [-0.1, -0.05) is 36.4 Å². The molecular formula is C18H12N2O2. The van der Waals surface area contributed by atoms with E-state index in [1.807, 2.05) is 24.3 Å². The van der Waals surface area contributed by atoms with E-state index in [1.165, 1.54) is 6.08 Å². The first-order chi connectivity index (χ1) is 10.8. The van der Waals surface area contributed by atoms with Crippen molar-refractivity contribution in [2.75, 3.05) is 0 Å². The lowest BCUT2D eigenvalue weighted by Gasteiger charge is -1.98. The number of allylic oxidation sites excluding steroid dienone is 1. The number of aldehydes is 1. The Balaban J connectivity index is 1.81. The van der Waals surface area contributed by atoms with Gasteiger partial charge in [0.05, 0.1) is 22.9 Å². The van der Waals surface area contributed by atoms with Gasteiger partial charge in [-0.2, -0.15) is 0 Å². The minimum absolute atomic E-state index is 0.146. The molecule has 1 heterocycles. The van der Waals surface area contributed by atoms with Crippen molar-refractivity contribution in [2.24, 2.45) is 0 Å². The van der Waals surface area contributed by atoms with E-state index in [1.54, 1.807) is 36.5 Å². The molecule has 3 aromatic rings. The Kier molecular flexibility index (Phi) is 3.83. The maximum absolute atomic E-state index is 12.1. The van der Waals surface area contributed by atoms with E-state index >= 15 is 0 Å². The van der Waals surface area contributed by atoms with Crippen LogP contribution in [0.5, 0.6) is 0 Å². The summed E-state index contributed by atoms with van der Waals surface area (Å²) in [4.78, 5) is 31.4. The normalized spacial score (nSPS) is 10.9. The van der Waals surface area contributed by atoms with Crippen LogP contribution in [0.2, 0.25) is 0 Å². The largest absolute Gasteiger partial charge is 0.298 e. The summed E-state index contributed by atoms with van der Waals surface area (Å²) in [5, 5.41) is 0. The van der Waals surface area contributed by atoms with Gasteiger partial charge in [-0.3, -0.25) is 14.6 Å². The number of para-hydroxylation sites is 2. The molecule has 106 valence electrons. The van der Waals surface area contributed by atoms with Gasteiger partial charge in [-0.05, 0) is 24.3 Å². The molecule has 0 bridgehead atoms. The Morgan fingerprint density at radius 2 is 1.68 bits per heavy atom. The van der Waals surface area contributed by atoms with E-state index in [4.69, 9.17) is 0 Å². The van der Waals surface area contributed by atoms with Gasteiger partial charge in [0.25, 0.3) is 0 Å². The first-order valence-corrected chi connectivity index (χ1v) is 6.76. The number of rotatable bonds is 4. The highest BCUT2D eigenvalue weighted by atomic mass is 16.1. The Hall–Kier alpha value is -3.14. The monoisotopic (exact) mass is 288 g/mol. The van der Waals surface area contributed by atoms with Crippen molar-refractivity contribution in [3.63, 3.8) is 0 Å². The predicted molar refractivity (Wildman–Crippen MR) is 84.7 cm³/mol. The number of carbonyl (C=O) groups excluding carboxylic acids is 2. The number of ketones is 1. The molecule has 0 spiro atoms. The fraction of sp³-hybridized carbons (Fsp3) is 0. The molecule has 0 amide bonds. The van der Waals surface area contributed by atoms with Gasteiger partial charge >= 0.3 is 0 Å². The molecular weight excluding hydrogens is 276 g/mol. The summed E-state index contributed by atoms with van der Waals surface area (Å²) in [6.07, 6.45) is 5.46. The number of hydrogen-bond donors (Lipinski definition) is 0. The van der Waals surface area contributed by atoms with Crippen molar-refractivity contribution in [2.45, 2.75) is 0 Å². The zero-order chi connectivity index (χ0) is 15.4. The van der Waals surface area contributed by atoms with Crippen LogP contribution >= 0.6 is 0 Å². The van der Waals surface area contributed by atoms with E-state index in [9.17, 15) is 9.59 Å². The van der Waals surface area contributed by atoms with Crippen LogP contribution in [0.1, 0.15) is 26.4 Å². The molecule has 0 aliphatic carbocycles. The van der Waals surface area contributed by atoms with Crippen molar-refractivity contribution in [3.05, 3.63) is 77.6 Å². The van der Waals surface area contributed by atoms with Crippen LogP contribution < -0.4 is 0 Å². The molecule has 1 aromatic heterocycles. The summed E-state index contributed by atoms with van der Waals surface area (Å²) < 4.78 is 0. The molecule has 2 aromatic carbocycles. The maximum Gasteiger partial charge on any atom is 0.185 e. The lowest BCUT2D eigenvalue weighted by molar-refractivity contribution is 0.104. The topological polar surface area (TPSA) is 59.9 Å². The average molecular weight is 288 g/mol. The molecule has 0 unspecified atom stereocenters. The SMILES string of the molecule is O=Cc1ccc(C(=O)C=Cc2cnc3ccccc3n2)cc1. The van der Waals surface area contributed by atoms with Crippen molar-refractivity contribution < 1.29 is 9.59 Å². The fourth-order valence-corrected chi connectivity index (χ4v) is 2.04. The van der Waals surface area contributed by atoms with Crippen LogP contribution in [0.15, 0.2) is 60.8 Å². The molecule has 22 heavy (non-hydrogen) atoms. The second-order valence-corrected chi connectivity index (χ2v) is 4.72. The number of benzene rings is 2. The van der Waals surface area contributed by atoms with Gasteiger partial charge in [0.15, 0.2) is 5.78 Å². The predicted octanol–water partition coefficient (Wildman–Crippen LogP) is 3.34. The Morgan fingerprint density at radius 3 is 2.41 bits per heavy atom. The molecule has 0 aliphatic heterocycles. The third-order valence-corrected chi connectivity index (χ3v) is 3.20. The van der Waals surface area contributed by atoms with Crippen LogP contribution in [0, 0.1) is 0 Å². The molecule has 0 saturated heterocycles. The quantitative estimate of drug-likeness (QED) is 0.419. The first-order valence-electron chi connectivity index (χ1n) is 6.76. The van der Waals surface area contributed by atoms with E-state index in [0.717, 1.165) is 17.3 Å². The van der Waals surface area contributed by atoms with Crippen LogP contribution in [0.25, 0.3) is 17.1 Å². The van der Waals surface area contributed by atoms with E-state index in [2.05, 4.69) is 9.97 Å². The standard InChI is InChI=1S/C18H12N2O2/c21-12-13-5-7-14(8-6-13)18(22)10-9-15-11-19-16-3-1-2-4-17(16)20-15/h1-12H. The van der Waals surface area contributed by atoms with Crippen LogP contribution in [-0.2, 0) is 0 Å². The fourth-order valence-electron chi connectivity index (χ4n) is 2.04. The molecule has 4 nitrogen and oxygen atoms in total. The minimum atomic E-state index is -0.146. The van der Waals surface area contributed by atoms with Crippen molar-refractivity contribution in [1.29, 1.82) is 0 Å². The van der Waals surface area contributed by atoms with Crippen molar-refractivity contribution >= 4 is 29.2 Å². The molecule has 0 N–H and O–H groups in total. The molecule has 0 fully saturated rings. The van der Waals surface area contributed by atoms with Crippen molar-refractivity contribution in [3.8, 4) is 0 Å². The number of hydrogen-bond acceptors (Lipinski definition) is 4. The van der Waals surface area contributed by atoms with Crippen molar-refractivity contribution in [1.82, 2.24) is 9.97 Å². The highest BCUT2D eigenvalue weighted by molar-refractivity contribution is 6.07. The minimum Gasteiger partial charge on any atom is -0.298 e. The third-order valence-electron chi connectivity index (χ3n) is 3.20. The van der Waals surface area contributed by atoms with E-state index in [-0.39, 0.29) is 5.78 Å². The molecule has 0 radical (unpaired) electrons. The van der Waals surface area contributed by atoms with Crippen LogP contribution in [0.3, 0.4) is 0 Å². The second kappa shape index (κ2) is 6.10. The zero-order valence-corrected chi connectivity index (χ0v) is 11.6. The highest BCUT2D eigenvalue weighted by Crippen LogP contribution is 2.10. The highest BCUT2D eigenvalue weighted by Gasteiger charge is 2.02. The maximum atomic E-state index is 12.1. The van der Waals surface area contributed by atoms with Gasteiger partial charge in [-0.25, -0.2) is 4.98 Å². The zero-order valence-electron chi connectivity index (χ0n) is 11.6. The molecule has 0 saturated carbocycles. The smallest absolute Gasteiger partial charge is 0.185 e. The summed E-state index contributed by atoms with van der Waals surface area (Å²) in [5.41, 5.74) is 3.29. The molecule has 4 heteroatoms.